The Hall–Kier alpha value is -2.52. The van der Waals surface area contributed by atoms with Gasteiger partial charge in [0.15, 0.2) is 0 Å². The van der Waals surface area contributed by atoms with Gasteiger partial charge in [-0.1, -0.05) is 0 Å². The molecule has 30 heavy (non-hydrogen) atoms. The first-order chi connectivity index (χ1) is 14.5. The van der Waals surface area contributed by atoms with Gasteiger partial charge in [-0.05, 0) is 35.4 Å². The van der Waals surface area contributed by atoms with E-state index in [2.05, 4.69) is 0 Å². The van der Waals surface area contributed by atoms with Crippen molar-refractivity contribution in [2.75, 3.05) is 41.7 Å². The lowest BCUT2D eigenvalue weighted by Crippen LogP contribution is -2.08. The summed E-state index contributed by atoms with van der Waals surface area (Å²) in [5, 5.41) is 21.0. The Labute approximate surface area is 174 Å². The van der Waals surface area contributed by atoms with Crippen molar-refractivity contribution in [2.24, 2.45) is 0 Å². The fraction of sp³-hybridized carbons (Fsp3) is 0.455. The van der Waals surface area contributed by atoms with Crippen molar-refractivity contribution in [1.82, 2.24) is 0 Å². The molecular formula is C22H26O8. The molecule has 2 aliphatic heterocycles. The fourth-order valence-electron chi connectivity index (χ4n) is 3.60. The number of hydrogen-bond donors (Lipinski definition) is 2. The molecule has 8 nitrogen and oxygen atoms in total. The summed E-state index contributed by atoms with van der Waals surface area (Å²) in [7, 11) is 6.18. The Morgan fingerprint density at radius 1 is 0.667 bits per heavy atom. The van der Waals surface area contributed by atoms with E-state index in [-0.39, 0.29) is 12.2 Å². The molecule has 0 unspecified atom stereocenters. The molecule has 0 spiro atoms. The summed E-state index contributed by atoms with van der Waals surface area (Å²) in [6.07, 6.45) is -2.00. The van der Waals surface area contributed by atoms with Crippen molar-refractivity contribution in [2.45, 2.75) is 24.4 Å². The van der Waals surface area contributed by atoms with Crippen LogP contribution in [0.25, 0.3) is 11.1 Å². The maximum atomic E-state index is 10.5. The minimum atomic E-state index is -0.776. The third kappa shape index (κ3) is 3.79. The van der Waals surface area contributed by atoms with Gasteiger partial charge in [0.1, 0.15) is 47.4 Å². The Kier molecular flexibility index (Phi) is 5.75. The van der Waals surface area contributed by atoms with E-state index < -0.39 is 12.2 Å². The summed E-state index contributed by atoms with van der Waals surface area (Å²) in [5.41, 5.74) is 2.49. The summed E-state index contributed by atoms with van der Waals surface area (Å²) in [6, 6.07) is 7.02. The Morgan fingerprint density at radius 3 is 1.13 bits per heavy atom. The second kappa shape index (κ2) is 8.31. The van der Waals surface area contributed by atoms with Gasteiger partial charge in [0.2, 0.25) is 0 Å². The van der Waals surface area contributed by atoms with E-state index >= 15 is 0 Å². The summed E-state index contributed by atoms with van der Waals surface area (Å²) < 4.78 is 33.0. The number of aliphatic hydroxyl groups excluding tert-OH is 2. The van der Waals surface area contributed by atoms with E-state index in [0.29, 0.717) is 58.5 Å². The molecule has 0 aliphatic carbocycles. The van der Waals surface area contributed by atoms with E-state index in [9.17, 15) is 10.2 Å². The van der Waals surface area contributed by atoms with Gasteiger partial charge in [-0.2, -0.15) is 0 Å². The number of epoxide rings is 2. The van der Waals surface area contributed by atoms with E-state index in [4.69, 9.17) is 28.4 Å². The predicted octanol–water partition coefficient (Wildman–Crippen LogP) is 2.25. The van der Waals surface area contributed by atoms with Crippen LogP contribution in [0.1, 0.15) is 23.3 Å². The molecule has 0 amide bonds. The monoisotopic (exact) mass is 418 g/mol. The van der Waals surface area contributed by atoms with Gasteiger partial charge in [-0.15, -0.1) is 0 Å². The molecule has 0 aromatic heterocycles. The molecule has 2 aliphatic rings. The zero-order valence-electron chi connectivity index (χ0n) is 17.4. The summed E-state index contributed by atoms with van der Waals surface area (Å²) in [5.74, 6) is 1.94. The molecule has 4 atom stereocenters. The number of benzene rings is 2. The maximum Gasteiger partial charge on any atom is 0.131 e. The number of rotatable bonds is 9. The van der Waals surface area contributed by atoms with Gasteiger partial charge in [0.05, 0.1) is 52.8 Å². The largest absolute Gasteiger partial charge is 0.496 e. The highest BCUT2D eigenvalue weighted by Crippen LogP contribution is 2.50. The number of methoxy groups -OCH3 is 4. The van der Waals surface area contributed by atoms with Crippen LogP contribution in [-0.4, -0.2) is 64.1 Å². The van der Waals surface area contributed by atoms with Crippen molar-refractivity contribution >= 4 is 0 Å². The molecule has 2 saturated heterocycles. The molecule has 0 radical (unpaired) electrons. The highest BCUT2D eigenvalue weighted by Gasteiger charge is 2.36. The smallest absolute Gasteiger partial charge is 0.131 e. The number of ether oxygens (including phenoxy) is 6. The standard InChI is InChI=1S/C22H26O8/c1-25-13-5-11(21(23)17-9-29-17)6-14(26-2)19(13)20-15(27-3)7-12(8-16(20)28-4)22(24)18-10-30-18/h5-8,17-18,21-24H,9-10H2,1-4H3/t17-,18-,21-,22-/m0/s1. The topological polar surface area (TPSA) is 102 Å². The normalized spacial score (nSPS) is 21.5. The summed E-state index contributed by atoms with van der Waals surface area (Å²) in [4.78, 5) is 0. The fourth-order valence-corrected chi connectivity index (χ4v) is 3.60. The average molecular weight is 418 g/mol. The maximum absolute atomic E-state index is 10.5. The first-order valence-corrected chi connectivity index (χ1v) is 9.63. The van der Waals surface area contributed by atoms with E-state index in [1.165, 1.54) is 0 Å². The quantitative estimate of drug-likeness (QED) is 0.598. The lowest BCUT2D eigenvalue weighted by molar-refractivity contribution is 0.136. The van der Waals surface area contributed by atoms with Gasteiger partial charge in [0, 0.05) is 0 Å². The van der Waals surface area contributed by atoms with Crippen molar-refractivity contribution < 1.29 is 38.6 Å². The number of aliphatic hydroxyl groups is 2. The van der Waals surface area contributed by atoms with E-state index in [1.807, 2.05) is 0 Å². The zero-order valence-corrected chi connectivity index (χ0v) is 17.4. The Bertz CT molecular complexity index is 794. The number of hydrogen-bond acceptors (Lipinski definition) is 8. The van der Waals surface area contributed by atoms with Gasteiger partial charge in [0.25, 0.3) is 0 Å². The van der Waals surface area contributed by atoms with Crippen LogP contribution in [-0.2, 0) is 9.47 Å². The molecule has 162 valence electrons. The average Bonchev–Trinajstić information content (AvgIpc) is 3.68. The van der Waals surface area contributed by atoms with Crippen LogP contribution in [0, 0.1) is 0 Å². The molecule has 8 heteroatoms. The van der Waals surface area contributed by atoms with Crippen LogP contribution in [0.3, 0.4) is 0 Å². The molecule has 0 bridgehead atoms. The summed E-state index contributed by atoms with van der Waals surface area (Å²) in [6.45, 7) is 1.04. The Morgan fingerprint density at radius 2 is 0.933 bits per heavy atom. The molecule has 0 saturated carbocycles. The first-order valence-electron chi connectivity index (χ1n) is 9.63. The SMILES string of the molecule is COc1cc([C@H](O)[C@@H]2CO2)cc(OC)c1-c1c(OC)cc([C@H](O)[C@@H]2CO2)cc1OC. The molecule has 2 heterocycles. The molecular weight excluding hydrogens is 392 g/mol. The van der Waals surface area contributed by atoms with Crippen molar-refractivity contribution in [3.8, 4) is 34.1 Å². The molecule has 2 aromatic carbocycles. The third-order valence-corrected chi connectivity index (χ3v) is 5.41. The van der Waals surface area contributed by atoms with Crippen LogP contribution in [0.15, 0.2) is 24.3 Å². The van der Waals surface area contributed by atoms with Crippen molar-refractivity contribution in [1.29, 1.82) is 0 Å². The van der Waals surface area contributed by atoms with Gasteiger partial charge in [-0.25, -0.2) is 0 Å². The Balaban J connectivity index is 1.87. The van der Waals surface area contributed by atoms with Crippen LogP contribution < -0.4 is 18.9 Å². The highest BCUT2D eigenvalue weighted by molar-refractivity contribution is 5.86. The van der Waals surface area contributed by atoms with Gasteiger partial charge >= 0.3 is 0 Å². The van der Waals surface area contributed by atoms with Gasteiger partial charge in [-0.3, -0.25) is 0 Å². The zero-order chi connectivity index (χ0) is 21.4. The van der Waals surface area contributed by atoms with Crippen molar-refractivity contribution in [3.63, 3.8) is 0 Å². The minimum absolute atomic E-state index is 0.222. The third-order valence-electron chi connectivity index (χ3n) is 5.41. The van der Waals surface area contributed by atoms with Crippen LogP contribution in [0.2, 0.25) is 0 Å². The van der Waals surface area contributed by atoms with Crippen LogP contribution >= 0.6 is 0 Å². The molecule has 2 N–H and O–H groups in total. The highest BCUT2D eigenvalue weighted by atomic mass is 16.6. The lowest BCUT2D eigenvalue weighted by atomic mass is 9.94. The van der Waals surface area contributed by atoms with E-state index in [1.54, 1.807) is 52.7 Å². The predicted molar refractivity (Wildman–Crippen MR) is 107 cm³/mol. The molecule has 4 rings (SSSR count). The van der Waals surface area contributed by atoms with Crippen LogP contribution in [0.4, 0.5) is 0 Å². The van der Waals surface area contributed by atoms with Crippen LogP contribution in [0.5, 0.6) is 23.0 Å². The summed E-state index contributed by atoms with van der Waals surface area (Å²) >= 11 is 0. The minimum Gasteiger partial charge on any atom is -0.496 e. The first kappa shape index (κ1) is 20.7. The van der Waals surface area contributed by atoms with Gasteiger partial charge < -0.3 is 38.6 Å². The second-order valence-electron chi connectivity index (χ2n) is 7.23. The molecule has 2 fully saturated rings. The lowest BCUT2D eigenvalue weighted by Gasteiger charge is -2.22. The molecule has 2 aromatic rings. The second-order valence-corrected chi connectivity index (χ2v) is 7.23. The van der Waals surface area contributed by atoms with Crippen molar-refractivity contribution in [3.05, 3.63) is 35.4 Å². The van der Waals surface area contributed by atoms with E-state index in [0.717, 1.165) is 0 Å².